The van der Waals surface area contributed by atoms with Gasteiger partial charge in [0.1, 0.15) is 6.04 Å². The first kappa shape index (κ1) is 21.3. The Labute approximate surface area is 138 Å². The van der Waals surface area contributed by atoms with Gasteiger partial charge in [-0.1, -0.05) is 0 Å². The van der Waals surface area contributed by atoms with Gasteiger partial charge in [-0.25, -0.2) is 9.59 Å². The maximum absolute atomic E-state index is 11.6. The number of esters is 1. The predicted octanol–water partition coefficient (Wildman–Crippen LogP) is 0.751. The molecule has 0 unspecified atom stereocenters. The van der Waals surface area contributed by atoms with Crippen molar-refractivity contribution in [3.05, 3.63) is 5.53 Å². The van der Waals surface area contributed by atoms with Crippen LogP contribution in [0.3, 0.4) is 0 Å². The Morgan fingerprint density at radius 2 is 1.83 bits per heavy atom. The Balaban J connectivity index is 4.52. The number of aliphatic carboxylic acids is 1. The monoisotopic (exact) mass is 343 g/mol. The third-order valence-corrected chi connectivity index (χ3v) is 2.63. The molecular weight excluding hydrogens is 322 g/mol. The summed E-state index contributed by atoms with van der Waals surface area (Å²) in [6.45, 7) is 6.17. The number of hydrogen-bond donors (Lipinski definition) is 2. The minimum absolute atomic E-state index is 0.231. The maximum Gasteiger partial charge on any atom is 0.410 e. The van der Waals surface area contributed by atoms with Crippen LogP contribution >= 0.6 is 0 Å². The lowest BCUT2D eigenvalue weighted by Crippen LogP contribution is -2.43. The fraction of sp³-hybridized carbons (Fsp3) is 0.643. The van der Waals surface area contributed by atoms with Crippen molar-refractivity contribution in [3.63, 3.8) is 0 Å². The van der Waals surface area contributed by atoms with Gasteiger partial charge in [-0.05, 0) is 27.2 Å². The Kier molecular flexibility index (Phi) is 8.34. The van der Waals surface area contributed by atoms with Crippen LogP contribution in [0.25, 0.3) is 5.53 Å². The second-order valence-electron chi connectivity index (χ2n) is 5.91. The first-order valence-electron chi connectivity index (χ1n) is 7.08. The fourth-order valence-electron chi connectivity index (χ4n) is 1.35. The molecule has 10 nitrogen and oxygen atoms in total. The number of amides is 1. The second-order valence-corrected chi connectivity index (χ2v) is 5.91. The topological polar surface area (TPSA) is 155 Å². The molecule has 0 saturated heterocycles. The molecule has 0 radical (unpaired) electrons. The molecular formula is C14H21N3O7. The minimum Gasteiger partial charge on any atom is -0.480 e. The molecule has 0 bridgehead atoms. The number of carbonyl (C=O) groups excluding carboxylic acids is 3. The number of rotatable bonds is 8. The number of ketones is 1. The van der Waals surface area contributed by atoms with E-state index < -0.39 is 41.6 Å². The molecule has 0 aliphatic carbocycles. The molecule has 0 saturated carbocycles. The molecule has 2 atom stereocenters. The van der Waals surface area contributed by atoms with Crippen molar-refractivity contribution in [3.8, 4) is 0 Å². The van der Waals surface area contributed by atoms with E-state index in [1.807, 2.05) is 5.32 Å². The summed E-state index contributed by atoms with van der Waals surface area (Å²) in [4.78, 5) is 48.0. The average molecular weight is 343 g/mol. The summed E-state index contributed by atoms with van der Waals surface area (Å²) in [6.07, 6.45) is -2.18. The van der Waals surface area contributed by atoms with Gasteiger partial charge in [-0.15, -0.1) is 0 Å². The van der Waals surface area contributed by atoms with Gasteiger partial charge >= 0.3 is 24.2 Å². The number of Topliss-reactive ketones (excluding diaryl/α,β-unsaturated/α-hetero) is 1. The molecule has 0 aromatic rings. The predicted molar refractivity (Wildman–Crippen MR) is 80.0 cm³/mol. The van der Waals surface area contributed by atoms with E-state index in [9.17, 15) is 19.2 Å². The zero-order valence-electron chi connectivity index (χ0n) is 13.9. The molecule has 0 aromatic heterocycles. The van der Waals surface area contributed by atoms with Crippen molar-refractivity contribution in [1.29, 1.82) is 0 Å². The van der Waals surface area contributed by atoms with E-state index in [1.165, 1.54) is 6.92 Å². The molecule has 2 N–H and O–H groups in total. The molecule has 134 valence electrons. The summed E-state index contributed by atoms with van der Waals surface area (Å²) < 4.78 is 9.63. The Morgan fingerprint density at radius 3 is 2.29 bits per heavy atom. The zero-order chi connectivity index (χ0) is 18.9. The van der Waals surface area contributed by atoms with Gasteiger partial charge in [0.15, 0.2) is 0 Å². The lowest BCUT2D eigenvalue weighted by atomic mass is 9.97. The van der Waals surface area contributed by atoms with E-state index in [0.29, 0.717) is 6.21 Å². The summed E-state index contributed by atoms with van der Waals surface area (Å²) in [5.74, 6) is -2.57. The Bertz CT molecular complexity index is 547. The summed E-state index contributed by atoms with van der Waals surface area (Å²) in [6, 6.07) is -1.39. The first-order chi connectivity index (χ1) is 11.0. The van der Waals surface area contributed by atoms with Gasteiger partial charge in [0.05, 0.1) is 5.41 Å². The molecule has 1 amide bonds. The third kappa shape index (κ3) is 8.64. The van der Waals surface area contributed by atoms with Crippen molar-refractivity contribution in [2.45, 2.75) is 52.9 Å². The highest BCUT2D eigenvalue weighted by Gasteiger charge is 2.27. The van der Waals surface area contributed by atoms with Crippen LogP contribution in [0.1, 0.15) is 40.5 Å². The van der Waals surface area contributed by atoms with Crippen molar-refractivity contribution >= 4 is 30.0 Å². The maximum atomic E-state index is 11.6. The van der Waals surface area contributed by atoms with Crippen molar-refractivity contribution in [2.24, 2.45) is 5.41 Å². The fourth-order valence-corrected chi connectivity index (χ4v) is 1.35. The lowest BCUT2D eigenvalue weighted by molar-refractivity contribution is -0.174. The molecule has 0 aromatic carbocycles. The number of hydrogen-bond acceptors (Lipinski definition) is 6. The zero-order valence-corrected chi connectivity index (χ0v) is 13.9. The van der Waals surface area contributed by atoms with Gasteiger partial charge in [-0.3, -0.25) is 9.59 Å². The lowest BCUT2D eigenvalue weighted by Gasteiger charge is -2.21. The van der Waals surface area contributed by atoms with Crippen LogP contribution in [-0.4, -0.2) is 52.3 Å². The van der Waals surface area contributed by atoms with E-state index in [0.717, 1.165) is 0 Å². The smallest absolute Gasteiger partial charge is 0.410 e. The minimum atomic E-state index is -1.39. The standard InChI is InChI=1S/C14H21N3O7/c1-8(23-12(21)14(2,3)4)24-13(22)17-10(11(19)20)6-5-9(18)7-16-15/h7-8,10H,5-6H2,1-4H3,(H,17,22)(H,19,20)/t8-,10+/m1/s1. The van der Waals surface area contributed by atoms with Gasteiger partial charge in [0.25, 0.3) is 0 Å². The normalized spacial score (nSPS) is 13.0. The van der Waals surface area contributed by atoms with Crippen LogP contribution < -0.4 is 5.32 Å². The van der Waals surface area contributed by atoms with Gasteiger partial charge in [0, 0.05) is 13.3 Å². The van der Waals surface area contributed by atoms with Crippen LogP contribution in [-0.2, 0) is 23.9 Å². The number of nitrogens with one attached hydrogen (secondary N) is 1. The largest absolute Gasteiger partial charge is 0.480 e. The van der Waals surface area contributed by atoms with Gasteiger partial charge < -0.3 is 25.4 Å². The Morgan fingerprint density at radius 1 is 1.25 bits per heavy atom. The number of carboxylic acids is 1. The highest BCUT2D eigenvalue weighted by atomic mass is 16.7. The van der Waals surface area contributed by atoms with E-state index in [1.54, 1.807) is 20.8 Å². The molecule has 24 heavy (non-hydrogen) atoms. The van der Waals surface area contributed by atoms with E-state index in [2.05, 4.69) is 4.79 Å². The molecule has 0 rings (SSSR count). The van der Waals surface area contributed by atoms with Crippen molar-refractivity contribution in [2.75, 3.05) is 0 Å². The number of nitrogens with zero attached hydrogens (tertiary/aromatic N) is 2. The van der Waals surface area contributed by atoms with E-state index in [-0.39, 0.29) is 12.8 Å². The van der Waals surface area contributed by atoms with Crippen LogP contribution in [0.5, 0.6) is 0 Å². The summed E-state index contributed by atoms with van der Waals surface area (Å²) in [5.41, 5.74) is 7.40. The van der Waals surface area contributed by atoms with Crippen LogP contribution in [0.2, 0.25) is 0 Å². The number of carbonyl (C=O) groups is 4. The Hall–Kier alpha value is -2.74. The molecule has 0 spiro atoms. The number of carboxylic acid groups (broad SMARTS) is 1. The van der Waals surface area contributed by atoms with E-state index in [4.69, 9.17) is 20.1 Å². The highest BCUT2D eigenvalue weighted by molar-refractivity contribution is 6.25. The summed E-state index contributed by atoms with van der Waals surface area (Å²) in [5, 5.41) is 11.0. The van der Waals surface area contributed by atoms with Crippen LogP contribution in [0, 0.1) is 5.41 Å². The van der Waals surface area contributed by atoms with Crippen molar-refractivity contribution in [1.82, 2.24) is 5.32 Å². The quantitative estimate of drug-likeness (QED) is 0.216. The van der Waals surface area contributed by atoms with Crippen molar-refractivity contribution < 1.29 is 38.5 Å². The first-order valence-corrected chi connectivity index (χ1v) is 7.08. The summed E-state index contributed by atoms with van der Waals surface area (Å²) in [7, 11) is 0. The average Bonchev–Trinajstić information content (AvgIpc) is 2.41. The molecule has 0 heterocycles. The SMILES string of the molecule is C[C@@H](OC(=O)N[C@@H](CCC(=O)C=[N+]=[N-])C(=O)O)OC(=O)C(C)(C)C. The number of alkyl carbamates (subject to hydrolysis) is 1. The van der Waals surface area contributed by atoms with E-state index >= 15 is 0 Å². The molecule has 0 fully saturated rings. The van der Waals surface area contributed by atoms with Crippen LogP contribution in [0.4, 0.5) is 4.79 Å². The summed E-state index contributed by atoms with van der Waals surface area (Å²) >= 11 is 0. The van der Waals surface area contributed by atoms with Crippen LogP contribution in [0.15, 0.2) is 0 Å². The third-order valence-electron chi connectivity index (χ3n) is 2.63. The molecule has 0 aliphatic heterocycles. The highest BCUT2D eigenvalue weighted by Crippen LogP contribution is 2.16. The molecule has 10 heteroatoms. The number of ether oxygens (including phenoxy) is 2. The second kappa shape index (κ2) is 9.41. The molecule has 0 aliphatic rings. The van der Waals surface area contributed by atoms with Gasteiger partial charge in [-0.2, -0.15) is 4.79 Å². The van der Waals surface area contributed by atoms with Gasteiger partial charge in [0.2, 0.25) is 12.1 Å².